The van der Waals surface area contributed by atoms with E-state index in [9.17, 15) is 29.4 Å². The number of hydrogen-bond donors (Lipinski definition) is 7. The van der Waals surface area contributed by atoms with Gasteiger partial charge in [0.2, 0.25) is 17.7 Å². The molecule has 1 heterocycles. The van der Waals surface area contributed by atoms with Gasteiger partial charge < -0.3 is 37.2 Å². The first kappa shape index (κ1) is 28.1. The Morgan fingerprint density at radius 2 is 1.81 bits per heavy atom. The molecule has 5 atom stereocenters. The first-order valence-corrected chi connectivity index (χ1v) is 12.3. The number of thioether (sulfide) groups is 1. The zero-order valence-corrected chi connectivity index (χ0v) is 19.6. The second kappa shape index (κ2) is 15.0. The van der Waals surface area contributed by atoms with Crippen molar-refractivity contribution in [3.63, 3.8) is 0 Å². The summed E-state index contributed by atoms with van der Waals surface area (Å²) in [6.45, 7) is 2.47. The van der Waals surface area contributed by atoms with E-state index in [0.717, 1.165) is 13.0 Å². The molecular formula is C20H37N5O6S. The fourth-order valence-corrected chi connectivity index (χ4v) is 3.83. The molecule has 0 saturated carbocycles. The fourth-order valence-electron chi connectivity index (χ4n) is 3.36. The highest BCUT2D eigenvalue weighted by Crippen LogP contribution is 2.08. The van der Waals surface area contributed by atoms with E-state index in [4.69, 9.17) is 5.73 Å². The number of unbranched alkanes of at least 4 members (excludes halogenated alkanes) is 1. The highest BCUT2D eigenvalue weighted by Gasteiger charge is 2.33. The largest absolute Gasteiger partial charge is 0.480 e. The van der Waals surface area contributed by atoms with Crippen LogP contribution in [0.15, 0.2) is 0 Å². The monoisotopic (exact) mass is 475 g/mol. The Bertz CT molecular complexity index is 630. The van der Waals surface area contributed by atoms with Crippen molar-refractivity contribution < 1.29 is 29.4 Å². The summed E-state index contributed by atoms with van der Waals surface area (Å²) in [6, 6.07) is -3.77. The van der Waals surface area contributed by atoms with Crippen LogP contribution in [0.3, 0.4) is 0 Å². The number of carboxylic acids is 1. The maximum absolute atomic E-state index is 12.9. The predicted octanol–water partition coefficient (Wildman–Crippen LogP) is -1.46. The summed E-state index contributed by atoms with van der Waals surface area (Å²) in [7, 11) is 0. The third-order valence-corrected chi connectivity index (χ3v) is 5.89. The molecule has 32 heavy (non-hydrogen) atoms. The number of nitrogens with one attached hydrogen (secondary N) is 4. The lowest BCUT2D eigenvalue weighted by molar-refractivity contribution is -0.143. The summed E-state index contributed by atoms with van der Waals surface area (Å²) in [5.41, 5.74) is 5.42. The van der Waals surface area contributed by atoms with Gasteiger partial charge in [0.25, 0.3) is 0 Å². The van der Waals surface area contributed by atoms with Crippen molar-refractivity contribution in [1.29, 1.82) is 0 Å². The first-order chi connectivity index (χ1) is 15.2. The molecule has 184 valence electrons. The van der Waals surface area contributed by atoms with Gasteiger partial charge in [-0.2, -0.15) is 11.8 Å². The van der Waals surface area contributed by atoms with Gasteiger partial charge in [0.1, 0.15) is 18.1 Å². The third-order valence-electron chi connectivity index (χ3n) is 5.24. The minimum absolute atomic E-state index is 0.180. The van der Waals surface area contributed by atoms with Crippen LogP contribution in [0.5, 0.6) is 0 Å². The van der Waals surface area contributed by atoms with Crippen molar-refractivity contribution in [3.8, 4) is 0 Å². The van der Waals surface area contributed by atoms with E-state index >= 15 is 0 Å². The molecule has 12 heteroatoms. The molecule has 1 saturated heterocycles. The average Bonchev–Trinajstić information content (AvgIpc) is 3.28. The van der Waals surface area contributed by atoms with E-state index in [-0.39, 0.29) is 18.4 Å². The van der Waals surface area contributed by atoms with Gasteiger partial charge in [-0.05, 0) is 70.5 Å². The maximum atomic E-state index is 12.9. The summed E-state index contributed by atoms with van der Waals surface area (Å²) in [5, 5.41) is 30.1. The number of carbonyl (C=O) groups is 4. The van der Waals surface area contributed by atoms with E-state index in [2.05, 4.69) is 21.3 Å². The Labute approximate surface area is 193 Å². The van der Waals surface area contributed by atoms with E-state index in [1.54, 1.807) is 0 Å². The molecular weight excluding hydrogens is 438 g/mol. The number of aliphatic hydroxyl groups excluding tert-OH is 1. The number of amides is 3. The molecule has 0 aliphatic carbocycles. The SMILES string of the molecule is CSCCC(NC(=O)C1CCCN1)C(=O)NC(C(=O)NC(CCCCN)C(=O)O)C(C)O. The fraction of sp³-hybridized carbons (Fsp3) is 0.800. The molecule has 1 aliphatic rings. The average molecular weight is 476 g/mol. The van der Waals surface area contributed by atoms with Crippen molar-refractivity contribution in [2.75, 3.05) is 25.1 Å². The Morgan fingerprint density at radius 3 is 2.34 bits per heavy atom. The normalized spacial score (nSPS) is 19.4. The van der Waals surface area contributed by atoms with Crippen LogP contribution < -0.4 is 27.0 Å². The maximum Gasteiger partial charge on any atom is 0.326 e. The van der Waals surface area contributed by atoms with Gasteiger partial charge in [-0.15, -0.1) is 0 Å². The lowest BCUT2D eigenvalue weighted by Crippen LogP contribution is -2.59. The zero-order valence-electron chi connectivity index (χ0n) is 18.8. The number of carbonyl (C=O) groups excluding carboxylic acids is 3. The quantitative estimate of drug-likeness (QED) is 0.139. The Hall–Kier alpha value is -1.89. The van der Waals surface area contributed by atoms with Gasteiger partial charge in [-0.25, -0.2) is 4.79 Å². The molecule has 1 fully saturated rings. The van der Waals surface area contributed by atoms with Gasteiger partial charge in [-0.3, -0.25) is 14.4 Å². The van der Waals surface area contributed by atoms with Crippen molar-refractivity contribution in [2.45, 2.75) is 75.7 Å². The molecule has 0 aromatic heterocycles. The lowest BCUT2D eigenvalue weighted by atomic mass is 10.1. The smallest absolute Gasteiger partial charge is 0.326 e. The summed E-state index contributed by atoms with van der Waals surface area (Å²) < 4.78 is 0. The molecule has 0 bridgehead atoms. The topological polar surface area (TPSA) is 183 Å². The summed E-state index contributed by atoms with van der Waals surface area (Å²) in [6.07, 6.45) is 3.81. The van der Waals surface area contributed by atoms with Crippen LogP contribution in [0.25, 0.3) is 0 Å². The van der Waals surface area contributed by atoms with Gasteiger partial charge in [-0.1, -0.05) is 0 Å². The second-order valence-corrected chi connectivity index (χ2v) is 8.89. The minimum atomic E-state index is -1.36. The van der Waals surface area contributed by atoms with Gasteiger partial charge in [0.05, 0.1) is 12.1 Å². The van der Waals surface area contributed by atoms with Crippen molar-refractivity contribution in [3.05, 3.63) is 0 Å². The predicted molar refractivity (Wildman–Crippen MR) is 122 cm³/mol. The Balaban J connectivity index is 2.81. The summed E-state index contributed by atoms with van der Waals surface area (Å²) in [5.74, 6) is -2.31. The number of carboxylic acid groups (broad SMARTS) is 1. The molecule has 0 aromatic carbocycles. The highest BCUT2D eigenvalue weighted by molar-refractivity contribution is 7.98. The second-order valence-electron chi connectivity index (χ2n) is 7.90. The standard InChI is InChI=1S/C20H37N5O6S/c1-12(26)16(19(29)24-15(20(30)31)6-3-4-9-21)25-18(28)14(8-11-32-2)23-17(27)13-7-5-10-22-13/h12-16,22,26H,3-11,21H2,1-2H3,(H,23,27)(H,24,29)(H,25,28)(H,30,31). The van der Waals surface area contributed by atoms with Crippen molar-refractivity contribution >= 4 is 35.5 Å². The molecule has 0 spiro atoms. The molecule has 0 radical (unpaired) electrons. The molecule has 5 unspecified atom stereocenters. The van der Waals surface area contributed by atoms with Crippen LogP contribution in [-0.4, -0.2) is 89.3 Å². The third kappa shape index (κ3) is 9.72. The van der Waals surface area contributed by atoms with Crippen LogP contribution in [0.4, 0.5) is 0 Å². The van der Waals surface area contributed by atoms with Gasteiger partial charge in [0.15, 0.2) is 0 Å². The number of hydrogen-bond acceptors (Lipinski definition) is 8. The lowest BCUT2D eigenvalue weighted by Gasteiger charge is -2.26. The zero-order chi connectivity index (χ0) is 24.1. The number of aliphatic hydroxyl groups is 1. The molecule has 11 nitrogen and oxygen atoms in total. The van der Waals surface area contributed by atoms with Gasteiger partial charge >= 0.3 is 5.97 Å². The van der Waals surface area contributed by atoms with Crippen LogP contribution >= 0.6 is 11.8 Å². The van der Waals surface area contributed by atoms with Crippen LogP contribution in [0, 0.1) is 0 Å². The minimum Gasteiger partial charge on any atom is -0.480 e. The highest BCUT2D eigenvalue weighted by atomic mass is 32.2. The van der Waals surface area contributed by atoms with E-state index < -0.39 is 42.0 Å². The summed E-state index contributed by atoms with van der Waals surface area (Å²) >= 11 is 1.51. The number of aliphatic carboxylic acids is 1. The van der Waals surface area contributed by atoms with E-state index in [1.807, 2.05) is 6.26 Å². The van der Waals surface area contributed by atoms with Crippen LogP contribution in [0.1, 0.15) is 45.4 Å². The number of nitrogens with two attached hydrogens (primary N) is 1. The molecule has 3 amide bonds. The molecule has 8 N–H and O–H groups in total. The molecule has 0 aromatic rings. The first-order valence-electron chi connectivity index (χ1n) is 11.0. The summed E-state index contributed by atoms with van der Waals surface area (Å²) in [4.78, 5) is 49.5. The van der Waals surface area contributed by atoms with Crippen molar-refractivity contribution in [1.82, 2.24) is 21.3 Å². The molecule has 1 rings (SSSR count). The van der Waals surface area contributed by atoms with Crippen molar-refractivity contribution in [2.24, 2.45) is 5.73 Å². The van der Waals surface area contributed by atoms with E-state index in [0.29, 0.717) is 38.0 Å². The molecule has 1 aliphatic heterocycles. The van der Waals surface area contributed by atoms with E-state index in [1.165, 1.54) is 18.7 Å². The van der Waals surface area contributed by atoms with Gasteiger partial charge in [0, 0.05) is 0 Å². The Morgan fingerprint density at radius 1 is 1.09 bits per heavy atom. The van der Waals surface area contributed by atoms with Crippen LogP contribution in [-0.2, 0) is 19.2 Å². The van der Waals surface area contributed by atoms with Crippen LogP contribution in [0.2, 0.25) is 0 Å². The Kier molecular flexibility index (Phi) is 13.2. The number of rotatable bonds is 15.